The monoisotopic (exact) mass is 281 g/mol. The van der Waals surface area contributed by atoms with Gasteiger partial charge in [-0.3, -0.25) is 4.79 Å². The number of carbonyl (C=O) groups is 1. The number of hydrogen-bond acceptors (Lipinski definition) is 3. The molecule has 0 radical (unpaired) electrons. The molecule has 1 unspecified atom stereocenters. The van der Waals surface area contributed by atoms with Gasteiger partial charge in [-0.2, -0.15) is 0 Å². The molecule has 1 aliphatic rings. The van der Waals surface area contributed by atoms with Crippen molar-refractivity contribution in [3.63, 3.8) is 0 Å². The van der Waals surface area contributed by atoms with Crippen molar-refractivity contribution < 1.29 is 18.7 Å². The molecule has 2 rings (SSSR count). The molecule has 1 fully saturated rings. The molecule has 1 atom stereocenters. The quantitative estimate of drug-likeness (QED) is 0.926. The van der Waals surface area contributed by atoms with Gasteiger partial charge >= 0.3 is 0 Å². The highest BCUT2D eigenvalue weighted by molar-refractivity contribution is 5.94. The summed E-state index contributed by atoms with van der Waals surface area (Å²) in [4.78, 5) is 12.1. The average molecular weight is 281 g/mol. The van der Waals surface area contributed by atoms with Crippen molar-refractivity contribution in [2.45, 2.75) is 38.3 Å². The Labute approximate surface area is 118 Å². The lowest BCUT2D eigenvalue weighted by molar-refractivity contribution is -0.0615. The van der Waals surface area contributed by atoms with Crippen LogP contribution in [0.15, 0.2) is 18.2 Å². The van der Waals surface area contributed by atoms with Crippen molar-refractivity contribution in [3.8, 4) is 5.75 Å². The molecule has 1 aliphatic heterocycles. The normalized spacial score (nSPS) is 21.3. The van der Waals surface area contributed by atoms with E-state index < -0.39 is 11.7 Å². The van der Waals surface area contributed by atoms with E-state index in [9.17, 15) is 9.18 Å². The molecule has 110 valence electrons. The van der Waals surface area contributed by atoms with Crippen LogP contribution >= 0.6 is 0 Å². The van der Waals surface area contributed by atoms with Crippen LogP contribution in [-0.2, 0) is 4.74 Å². The second-order valence-corrected chi connectivity index (χ2v) is 5.62. The Morgan fingerprint density at radius 2 is 2.25 bits per heavy atom. The summed E-state index contributed by atoms with van der Waals surface area (Å²) in [5.74, 6) is -0.577. The van der Waals surface area contributed by atoms with Crippen LogP contribution in [0.5, 0.6) is 5.75 Å². The zero-order valence-corrected chi connectivity index (χ0v) is 12.0. The topological polar surface area (TPSA) is 47.6 Å². The molecule has 1 N–H and O–H groups in total. The molecule has 0 aromatic heterocycles. The minimum Gasteiger partial charge on any atom is -0.497 e. The average Bonchev–Trinajstić information content (AvgIpc) is 2.37. The van der Waals surface area contributed by atoms with Gasteiger partial charge in [0, 0.05) is 18.7 Å². The van der Waals surface area contributed by atoms with Gasteiger partial charge in [0.1, 0.15) is 11.6 Å². The Kier molecular flexibility index (Phi) is 4.28. The fraction of sp³-hybridized carbons (Fsp3) is 0.533. The summed E-state index contributed by atoms with van der Waals surface area (Å²) in [5.41, 5.74) is -0.218. The van der Waals surface area contributed by atoms with Gasteiger partial charge in [-0.25, -0.2) is 4.39 Å². The number of nitrogens with one attached hydrogen (secondary N) is 1. The van der Waals surface area contributed by atoms with Gasteiger partial charge in [-0.15, -0.1) is 0 Å². The van der Waals surface area contributed by atoms with Crippen LogP contribution in [0.3, 0.4) is 0 Å². The fourth-order valence-corrected chi connectivity index (χ4v) is 2.43. The number of rotatable bonds is 3. The third kappa shape index (κ3) is 3.48. The SMILES string of the molecule is COc1ccc(C(=O)NC2CCOC(C)(C)C2)c(F)c1. The van der Waals surface area contributed by atoms with Gasteiger partial charge in [0.25, 0.3) is 5.91 Å². The van der Waals surface area contributed by atoms with Crippen molar-refractivity contribution in [2.75, 3.05) is 13.7 Å². The number of amides is 1. The van der Waals surface area contributed by atoms with E-state index in [2.05, 4.69) is 5.32 Å². The van der Waals surface area contributed by atoms with E-state index in [0.29, 0.717) is 12.4 Å². The van der Waals surface area contributed by atoms with Crippen molar-refractivity contribution in [1.29, 1.82) is 0 Å². The van der Waals surface area contributed by atoms with Crippen LogP contribution in [-0.4, -0.2) is 31.3 Å². The molecule has 5 heteroatoms. The smallest absolute Gasteiger partial charge is 0.254 e. The minimum atomic E-state index is -0.576. The van der Waals surface area contributed by atoms with Gasteiger partial charge in [-0.05, 0) is 38.8 Å². The van der Waals surface area contributed by atoms with Crippen molar-refractivity contribution >= 4 is 5.91 Å². The predicted octanol–water partition coefficient (Wildman–Crippen LogP) is 2.52. The molecule has 1 saturated heterocycles. The lowest BCUT2D eigenvalue weighted by atomic mass is 9.93. The third-order valence-electron chi connectivity index (χ3n) is 3.45. The molecular formula is C15H20FNO3. The van der Waals surface area contributed by atoms with Crippen LogP contribution in [0.4, 0.5) is 4.39 Å². The first kappa shape index (κ1) is 14.8. The van der Waals surface area contributed by atoms with Crippen LogP contribution in [0.2, 0.25) is 0 Å². The second-order valence-electron chi connectivity index (χ2n) is 5.62. The first-order valence-electron chi connectivity index (χ1n) is 6.70. The van der Waals surface area contributed by atoms with E-state index in [1.807, 2.05) is 13.8 Å². The maximum absolute atomic E-state index is 13.8. The van der Waals surface area contributed by atoms with Crippen molar-refractivity contribution in [3.05, 3.63) is 29.6 Å². The van der Waals surface area contributed by atoms with Gasteiger partial charge in [0.15, 0.2) is 0 Å². The number of hydrogen-bond donors (Lipinski definition) is 1. The van der Waals surface area contributed by atoms with Gasteiger partial charge in [0.2, 0.25) is 0 Å². The van der Waals surface area contributed by atoms with E-state index in [1.54, 1.807) is 6.07 Å². The maximum atomic E-state index is 13.8. The summed E-state index contributed by atoms with van der Waals surface area (Å²) < 4.78 is 24.3. The fourth-order valence-electron chi connectivity index (χ4n) is 2.43. The van der Waals surface area contributed by atoms with E-state index in [0.717, 1.165) is 12.8 Å². The summed E-state index contributed by atoms with van der Waals surface area (Å²) in [6.45, 7) is 4.57. The Morgan fingerprint density at radius 3 is 2.85 bits per heavy atom. The first-order valence-corrected chi connectivity index (χ1v) is 6.70. The van der Waals surface area contributed by atoms with Crippen LogP contribution in [0, 0.1) is 5.82 Å². The van der Waals surface area contributed by atoms with E-state index >= 15 is 0 Å². The predicted molar refractivity (Wildman–Crippen MR) is 73.5 cm³/mol. The largest absolute Gasteiger partial charge is 0.497 e. The number of ether oxygens (including phenoxy) is 2. The van der Waals surface area contributed by atoms with E-state index in [4.69, 9.17) is 9.47 Å². The summed E-state index contributed by atoms with van der Waals surface area (Å²) in [6, 6.07) is 4.23. The standard InChI is InChI=1S/C15H20FNO3/c1-15(2)9-10(6-7-20-15)17-14(18)12-5-4-11(19-3)8-13(12)16/h4-5,8,10H,6-7,9H2,1-3H3,(H,17,18). The van der Waals surface area contributed by atoms with Gasteiger partial charge in [0.05, 0.1) is 18.3 Å². The van der Waals surface area contributed by atoms with Crippen LogP contribution in [0.1, 0.15) is 37.0 Å². The first-order chi connectivity index (χ1) is 9.41. The minimum absolute atomic E-state index is 0.00718. The Balaban J connectivity index is 2.05. The number of benzene rings is 1. The van der Waals surface area contributed by atoms with Crippen LogP contribution in [0.25, 0.3) is 0 Å². The molecule has 0 spiro atoms. The summed E-state index contributed by atoms with van der Waals surface area (Å²) in [7, 11) is 1.46. The Hall–Kier alpha value is -1.62. The molecule has 0 saturated carbocycles. The lowest BCUT2D eigenvalue weighted by Gasteiger charge is -2.35. The maximum Gasteiger partial charge on any atom is 0.254 e. The zero-order valence-electron chi connectivity index (χ0n) is 12.0. The molecule has 4 nitrogen and oxygen atoms in total. The van der Waals surface area contributed by atoms with E-state index in [1.165, 1.54) is 19.2 Å². The highest BCUT2D eigenvalue weighted by Crippen LogP contribution is 2.24. The third-order valence-corrected chi connectivity index (χ3v) is 3.45. The summed E-state index contributed by atoms with van der Waals surface area (Å²) in [5, 5.41) is 2.87. The number of carbonyl (C=O) groups excluding carboxylic acids is 1. The summed E-state index contributed by atoms with van der Waals surface area (Å²) in [6.07, 6.45) is 1.46. The molecule has 20 heavy (non-hydrogen) atoms. The van der Waals surface area contributed by atoms with Crippen LogP contribution < -0.4 is 10.1 Å². The van der Waals surface area contributed by atoms with E-state index in [-0.39, 0.29) is 17.2 Å². The van der Waals surface area contributed by atoms with Crippen molar-refractivity contribution in [1.82, 2.24) is 5.32 Å². The molecule has 1 amide bonds. The molecule has 1 heterocycles. The number of methoxy groups -OCH3 is 1. The lowest BCUT2D eigenvalue weighted by Crippen LogP contribution is -2.45. The van der Waals surface area contributed by atoms with Crippen molar-refractivity contribution in [2.24, 2.45) is 0 Å². The van der Waals surface area contributed by atoms with Gasteiger partial charge < -0.3 is 14.8 Å². The molecule has 1 aromatic rings. The second kappa shape index (κ2) is 5.79. The molecular weight excluding hydrogens is 261 g/mol. The Bertz CT molecular complexity index is 502. The molecule has 1 aromatic carbocycles. The summed E-state index contributed by atoms with van der Waals surface area (Å²) >= 11 is 0. The number of halogens is 1. The molecule has 0 bridgehead atoms. The Morgan fingerprint density at radius 1 is 1.50 bits per heavy atom. The zero-order chi connectivity index (χ0) is 14.8. The highest BCUT2D eigenvalue weighted by Gasteiger charge is 2.30. The van der Waals surface area contributed by atoms with Gasteiger partial charge in [-0.1, -0.05) is 0 Å². The molecule has 0 aliphatic carbocycles. The highest BCUT2D eigenvalue weighted by atomic mass is 19.1.